The molecule has 0 unspecified atom stereocenters. The van der Waals surface area contributed by atoms with Crippen molar-refractivity contribution in [3.8, 4) is 0 Å². The molecule has 1 aliphatic rings. The Morgan fingerprint density at radius 2 is 2.07 bits per heavy atom. The normalized spacial score (nSPS) is 26.2. The molecule has 1 rings (SSSR count). The number of aliphatic carboxylic acids is 1. The second-order valence-electron chi connectivity index (χ2n) is 4.00. The van der Waals surface area contributed by atoms with Crippen LogP contribution in [0.25, 0.3) is 0 Å². The topological polar surface area (TPSA) is 49.3 Å². The third-order valence-corrected chi connectivity index (χ3v) is 4.05. The fraction of sp³-hybridized carbons (Fsp3) is 0.727. The van der Waals surface area contributed by atoms with Crippen LogP contribution in [-0.2, 0) is 4.79 Å². The molecular weight excluding hydrogens is 210 g/mol. The van der Waals surface area contributed by atoms with Gasteiger partial charge in [-0.05, 0) is 31.9 Å². The molecule has 0 amide bonds. The van der Waals surface area contributed by atoms with Crippen molar-refractivity contribution < 1.29 is 9.90 Å². The molecule has 86 valence electrons. The highest BCUT2D eigenvalue weighted by atomic mass is 32.2. The summed E-state index contributed by atoms with van der Waals surface area (Å²) >= 11 is 1.94. The van der Waals surface area contributed by atoms with Gasteiger partial charge in [0.2, 0.25) is 0 Å². The first-order valence-electron chi connectivity index (χ1n) is 5.30. The first-order valence-corrected chi connectivity index (χ1v) is 6.59. The lowest BCUT2D eigenvalue weighted by Crippen LogP contribution is -2.35. The Bertz CT molecular complexity index is 235. The summed E-state index contributed by atoms with van der Waals surface area (Å²) in [6, 6.07) is 0.476. The van der Waals surface area contributed by atoms with Gasteiger partial charge < -0.3 is 10.4 Å². The summed E-state index contributed by atoms with van der Waals surface area (Å²) in [7, 11) is 0. The van der Waals surface area contributed by atoms with E-state index in [4.69, 9.17) is 5.11 Å². The van der Waals surface area contributed by atoms with Crippen molar-refractivity contribution in [2.75, 3.05) is 12.8 Å². The van der Waals surface area contributed by atoms with Gasteiger partial charge in [0.1, 0.15) is 0 Å². The van der Waals surface area contributed by atoms with Gasteiger partial charge in [0, 0.05) is 23.4 Å². The minimum Gasteiger partial charge on any atom is -0.478 e. The van der Waals surface area contributed by atoms with Gasteiger partial charge in [-0.25, -0.2) is 4.79 Å². The lowest BCUT2D eigenvalue weighted by molar-refractivity contribution is -0.132. The summed E-state index contributed by atoms with van der Waals surface area (Å²) in [6.07, 6.45) is 6.93. The molecule has 3 nitrogen and oxygen atoms in total. The molecule has 15 heavy (non-hydrogen) atoms. The van der Waals surface area contributed by atoms with Crippen LogP contribution in [0.2, 0.25) is 0 Å². The molecule has 1 fully saturated rings. The second-order valence-corrected chi connectivity index (χ2v) is 5.14. The van der Waals surface area contributed by atoms with E-state index in [2.05, 4.69) is 18.2 Å². The van der Waals surface area contributed by atoms with Gasteiger partial charge in [-0.2, -0.15) is 11.8 Å². The van der Waals surface area contributed by atoms with Crippen LogP contribution in [-0.4, -0.2) is 35.2 Å². The molecule has 0 aliphatic heterocycles. The number of hydrogen-bond donors (Lipinski definition) is 2. The molecule has 1 saturated carbocycles. The fourth-order valence-electron chi connectivity index (χ4n) is 1.85. The van der Waals surface area contributed by atoms with E-state index in [0.29, 0.717) is 12.6 Å². The Morgan fingerprint density at radius 1 is 1.47 bits per heavy atom. The first-order chi connectivity index (χ1) is 7.13. The SMILES string of the molecule is C=C(CNC1CCC(SC)CC1)C(=O)O. The Kier molecular flexibility index (Phi) is 5.19. The maximum absolute atomic E-state index is 10.5. The molecule has 0 bridgehead atoms. The summed E-state index contributed by atoms with van der Waals surface area (Å²) in [5.74, 6) is -0.903. The highest BCUT2D eigenvalue weighted by Crippen LogP contribution is 2.26. The van der Waals surface area contributed by atoms with Gasteiger partial charge in [-0.1, -0.05) is 6.58 Å². The Labute approximate surface area is 95.3 Å². The molecule has 0 aromatic rings. The number of rotatable bonds is 5. The highest BCUT2D eigenvalue weighted by molar-refractivity contribution is 7.99. The second kappa shape index (κ2) is 6.18. The number of hydrogen-bond acceptors (Lipinski definition) is 3. The molecule has 0 atom stereocenters. The van der Waals surface area contributed by atoms with Crippen LogP contribution in [0.4, 0.5) is 0 Å². The van der Waals surface area contributed by atoms with Crippen molar-refractivity contribution in [3.05, 3.63) is 12.2 Å². The molecule has 0 radical (unpaired) electrons. The third kappa shape index (κ3) is 4.26. The molecule has 0 saturated heterocycles. The summed E-state index contributed by atoms with van der Waals surface area (Å²) in [6.45, 7) is 3.91. The lowest BCUT2D eigenvalue weighted by Gasteiger charge is -2.28. The standard InChI is InChI=1S/C11H19NO2S/c1-8(11(13)14)7-12-9-3-5-10(15-2)6-4-9/h9-10,12H,1,3-7H2,2H3,(H,13,14). The minimum atomic E-state index is -0.903. The Morgan fingerprint density at radius 3 is 2.53 bits per heavy atom. The quantitative estimate of drug-likeness (QED) is 0.707. The number of carbonyl (C=O) groups is 1. The van der Waals surface area contributed by atoms with Crippen LogP contribution in [0.5, 0.6) is 0 Å². The van der Waals surface area contributed by atoms with E-state index in [0.717, 1.165) is 18.1 Å². The predicted molar refractivity (Wildman–Crippen MR) is 64.3 cm³/mol. The number of nitrogens with one attached hydrogen (secondary N) is 1. The molecule has 2 N–H and O–H groups in total. The van der Waals surface area contributed by atoms with Crippen molar-refractivity contribution in [1.82, 2.24) is 5.32 Å². The van der Waals surface area contributed by atoms with Crippen LogP contribution in [0.3, 0.4) is 0 Å². The molecule has 1 aliphatic carbocycles. The summed E-state index contributed by atoms with van der Waals surface area (Å²) in [5, 5.41) is 12.7. The zero-order chi connectivity index (χ0) is 11.3. The van der Waals surface area contributed by atoms with E-state index >= 15 is 0 Å². The summed E-state index contributed by atoms with van der Waals surface area (Å²) in [4.78, 5) is 10.5. The van der Waals surface area contributed by atoms with Crippen molar-refractivity contribution >= 4 is 17.7 Å². The average Bonchev–Trinajstić information content (AvgIpc) is 2.26. The van der Waals surface area contributed by atoms with E-state index in [1.54, 1.807) is 0 Å². The Balaban J connectivity index is 2.19. The maximum atomic E-state index is 10.5. The van der Waals surface area contributed by atoms with Crippen LogP contribution < -0.4 is 5.32 Å². The summed E-state index contributed by atoms with van der Waals surface area (Å²) < 4.78 is 0. The highest BCUT2D eigenvalue weighted by Gasteiger charge is 2.20. The van der Waals surface area contributed by atoms with Gasteiger partial charge >= 0.3 is 5.97 Å². The lowest BCUT2D eigenvalue weighted by atomic mass is 9.95. The minimum absolute atomic E-state index is 0.252. The number of thioether (sulfide) groups is 1. The monoisotopic (exact) mass is 229 g/mol. The Hall–Kier alpha value is -0.480. The van der Waals surface area contributed by atoms with Crippen molar-refractivity contribution in [3.63, 3.8) is 0 Å². The largest absolute Gasteiger partial charge is 0.478 e. The molecule has 0 aromatic carbocycles. The molecule has 0 spiro atoms. The molecular formula is C11H19NO2S. The van der Waals surface area contributed by atoms with E-state index < -0.39 is 5.97 Å². The van der Waals surface area contributed by atoms with Gasteiger partial charge in [0.05, 0.1) is 0 Å². The van der Waals surface area contributed by atoms with Crippen molar-refractivity contribution in [1.29, 1.82) is 0 Å². The van der Waals surface area contributed by atoms with E-state index in [1.165, 1.54) is 12.8 Å². The fourth-order valence-corrected chi connectivity index (χ4v) is 2.59. The van der Waals surface area contributed by atoms with E-state index in [-0.39, 0.29) is 5.57 Å². The number of carboxylic acid groups (broad SMARTS) is 1. The van der Waals surface area contributed by atoms with Crippen molar-refractivity contribution in [2.45, 2.75) is 37.0 Å². The van der Waals surface area contributed by atoms with Gasteiger partial charge in [0.25, 0.3) is 0 Å². The molecule has 4 heteroatoms. The van der Waals surface area contributed by atoms with E-state index in [9.17, 15) is 4.79 Å². The molecule has 0 heterocycles. The van der Waals surface area contributed by atoms with Crippen LogP contribution in [0.1, 0.15) is 25.7 Å². The van der Waals surface area contributed by atoms with Crippen LogP contribution in [0, 0.1) is 0 Å². The first kappa shape index (κ1) is 12.6. The third-order valence-electron chi connectivity index (χ3n) is 2.91. The smallest absolute Gasteiger partial charge is 0.332 e. The average molecular weight is 229 g/mol. The predicted octanol–water partition coefficient (Wildman–Crippen LogP) is 1.89. The van der Waals surface area contributed by atoms with Crippen LogP contribution >= 0.6 is 11.8 Å². The summed E-state index contributed by atoms with van der Waals surface area (Å²) in [5.41, 5.74) is 0.252. The molecule has 0 aromatic heterocycles. The van der Waals surface area contributed by atoms with Gasteiger partial charge in [0.15, 0.2) is 0 Å². The van der Waals surface area contributed by atoms with Gasteiger partial charge in [-0.15, -0.1) is 0 Å². The van der Waals surface area contributed by atoms with Gasteiger partial charge in [-0.3, -0.25) is 0 Å². The van der Waals surface area contributed by atoms with E-state index in [1.807, 2.05) is 11.8 Å². The zero-order valence-electron chi connectivity index (χ0n) is 9.16. The van der Waals surface area contributed by atoms with Crippen LogP contribution in [0.15, 0.2) is 12.2 Å². The zero-order valence-corrected chi connectivity index (χ0v) is 9.98. The number of carboxylic acids is 1. The van der Waals surface area contributed by atoms with Crippen molar-refractivity contribution in [2.24, 2.45) is 0 Å². The maximum Gasteiger partial charge on any atom is 0.332 e.